The summed E-state index contributed by atoms with van der Waals surface area (Å²) in [6, 6.07) is 4.22. The van der Waals surface area contributed by atoms with Gasteiger partial charge in [-0.25, -0.2) is 0 Å². The van der Waals surface area contributed by atoms with Gasteiger partial charge in [-0.1, -0.05) is 6.07 Å². The first-order chi connectivity index (χ1) is 6.19. The first-order valence-electron chi connectivity index (χ1n) is 4.53. The molecule has 80 valence electrons. The zero-order valence-corrected chi connectivity index (χ0v) is 9.78. The number of ether oxygens (including phenoxy) is 1. The van der Waals surface area contributed by atoms with Gasteiger partial charge in [-0.3, -0.25) is 0 Å². The summed E-state index contributed by atoms with van der Waals surface area (Å²) >= 11 is 0. The average Bonchev–Trinajstić information content (AvgIpc) is 2.11. The molecule has 1 rings (SSSR count). The quantitative estimate of drug-likeness (QED) is 0.840. The second-order valence-electron chi connectivity index (χ2n) is 3.29. The van der Waals surface area contributed by atoms with E-state index in [-0.39, 0.29) is 12.4 Å². The monoisotopic (exact) mass is 215 g/mol. The van der Waals surface area contributed by atoms with Crippen LogP contribution in [0, 0.1) is 13.8 Å². The van der Waals surface area contributed by atoms with Gasteiger partial charge in [0, 0.05) is 0 Å². The molecule has 2 nitrogen and oxygen atoms in total. The summed E-state index contributed by atoms with van der Waals surface area (Å²) in [4.78, 5) is 0. The van der Waals surface area contributed by atoms with Crippen LogP contribution in [-0.4, -0.2) is 13.7 Å². The molecule has 3 heteroatoms. The number of rotatable bonds is 3. The Morgan fingerprint density at radius 3 is 2.36 bits per heavy atom. The summed E-state index contributed by atoms with van der Waals surface area (Å²) in [5, 5.41) is 0. The highest BCUT2D eigenvalue weighted by Crippen LogP contribution is 2.22. The standard InChI is InChI=1S/C11H17NO.ClH/c1-8-7-11(13-3)9(2)6-10(8)4-5-12;/h6-7H,4-5,12H2,1-3H3;1H. The van der Waals surface area contributed by atoms with E-state index in [0.717, 1.165) is 12.2 Å². The van der Waals surface area contributed by atoms with Crippen LogP contribution in [0.1, 0.15) is 16.7 Å². The van der Waals surface area contributed by atoms with E-state index >= 15 is 0 Å². The van der Waals surface area contributed by atoms with Crippen LogP contribution in [0.2, 0.25) is 0 Å². The second-order valence-corrected chi connectivity index (χ2v) is 3.29. The van der Waals surface area contributed by atoms with Crippen LogP contribution in [0.4, 0.5) is 0 Å². The van der Waals surface area contributed by atoms with Gasteiger partial charge >= 0.3 is 0 Å². The fourth-order valence-corrected chi connectivity index (χ4v) is 1.49. The van der Waals surface area contributed by atoms with Crippen molar-refractivity contribution in [2.45, 2.75) is 20.3 Å². The molecule has 0 amide bonds. The zero-order valence-electron chi connectivity index (χ0n) is 8.96. The van der Waals surface area contributed by atoms with Crippen molar-refractivity contribution in [1.29, 1.82) is 0 Å². The van der Waals surface area contributed by atoms with Crippen LogP contribution in [0.3, 0.4) is 0 Å². The highest BCUT2D eigenvalue weighted by Gasteiger charge is 2.03. The molecule has 2 N–H and O–H groups in total. The Labute approximate surface area is 91.9 Å². The number of hydrogen-bond donors (Lipinski definition) is 1. The molecule has 0 saturated carbocycles. The van der Waals surface area contributed by atoms with Crippen molar-refractivity contribution in [3.8, 4) is 5.75 Å². The van der Waals surface area contributed by atoms with Crippen molar-refractivity contribution >= 4 is 12.4 Å². The first-order valence-corrected chi connectivity index (χ1v) is 4.53. The predicted molar refractivity (Wildman–Crippen MR) is 62.5 cm³/mol. The molecule has 0 atom stereocenters. The van der Waals surface area contributed by atoms with E-state index in [4.69, 9.17) is 10.5 Å². The van der Waals surface area contributed by atoms with Gasteiger partial charge in [0.15, 0.2) is 0 Å². The van der Waals surface area contributed by atoms with Gasteiger partial charge in [0.05, 0.1) is 7.11 Å². The van der Waals surface area contributed by atoms with E-state index in [1.807, 2.05) is 0 Å². The number of hydrogen-bond acceptors (Lipinski definition) is 2. The largest absolute Gasteiger partial charge is 0.496 e. The summed E-state index contributed by atoms with van der Waals surface area (Å²) in [5.41, 5.74) is 9.27. The highest BCUT2D eigenvalue weighted by atomic mass is 35.5. The maximum Gasteiger partial charge on any atom is 0.122 e. The molecule has 1 aromatic carbocycles. The zero-order chi connectivity index (χ0) is 9.84. The summed E-state index contributed by atoms with van der Waals surface area (Å²) in [7, 11) is 1.70. The topological polar surface area (TPSA) is 35.2 Å². The van der Waals surface area contributed by atoms with E-state index in [2.05, 4.69) is 26.0 Å². The lowest BCUT2D eigenvalue weighted by Crippen LogP contribution is -2.04. The molecular formula is C11H18ClNO. The Morgan fingerprint density at radius 2 is 1.86 bits per heavy atom. The molecule has 0 bridgehead atoms. The number of nitrogens with two attached hydrogens (primary N) is 1. The van der Waals surface area contributed by atoms with Crippen molar-refractivity contribution in [3.63, 3.8) is 0 Å². The van der Waals surface area contributed by atoms with Gasteiger partial charge in [0.1, 0.15) is 5.75 Å². The minimum absolute atomic E-state index is 0. The van der Waals surface area contributed by atoms with Crippen LogP contribution < -0.4 is 10.5 Å². The summed E-state index contributed by atoms with van der Waals surface area (Å²) in [6.07, 6.45) is 0.941. The van der Waals surface area contributed by atoms with Crippen molar-refractivity contribution in [3.05, 3.63) is 28.8 Å². The lowest BCUT2D eigenvalue weighted by Gasteiger charge is -2.10. The van der Waals surface area contributed by atoms with Gasteiger partial charge in [-0.05, 0) is 49.6 Å². The smallest absolute Gasteiger partial charge is 0.122 e. The van der Waals surface area contributed by atoms with Crippen LogP contribution >= 0.6 is 12.4 Å². The average molecular weight is 216 g/mol. The number of aryl methyl sites for hydroxylation is 2. The lowest BCUT2D eigenvalue weighted by molar-refractivity contribution is 0.411. The van der Waals surface area contributed by atoms with E-state index in [0.29, 0.717) is 6.54 Å². The number of halogens is 1. The van der Waals surface area contributed by atoms with Crippen molar-refractivity contribution in [2.75, 3.05) is 13.7 Å². The first kappa shape index (κ1) is 13.3. The molecule has 1 aromatic rings. The van der Waals surface area contributed by atoms with Gasteiger partial charge in [0.2, 0.25) is 0 Å². The minimum Gasteiger partial charge on any atom is -0.496 e. The van der Waals surface area contributed by atoms with Crippen molar-refractivity contribution in [1.82, 2.24) is 0 Å². The molecule has 0 aliphatic carbocycles. The van der Waals surface area contributed by atoms with Crippen LogP contribution in [0.25, 0.3) is 0 Å². The van der Waals surface area contributed by atoms with Gasteiger partial charge in [-0.15, -0.1) is 12.4 Å². The van der Waals surface area contributed by atoms with Crippen molar-refractivity contribution < 1.29 is 4.74 Å². The fraction of sp³-hybridized carbons (Fsp3) is 0.455. The van der Waals surface area contributed by atoms with E-state index in [1.165, 1.54) is 16.7 Å². The molecule has 0 aromatic heterocycles. The minimum atomic E-state index is 0. The molecule has 0 heterocycles. The molecule has 0 aliphatic rings. The third kappa shape index (κ3) is 2.89. The third-order valence-electron chi connectivity index (χ3n) is 2.27. The maximum atomic E-state index is 5.52. The Bertz CT molecular complexity index is 300. The number of methoxy groups -OCH3 is 1. The van der Waals surface area contributed by atoms with E-state index in [1.54, 1.807) is 7.11 Å². The molecule has 0 saturated heterocycles. The van der Waals surface area contributed by atoms with Gasteiger partial charge < -0.3 is 10.5 Å². The second kappa shape index (κ2) is 5.89. The molecule has 14 heavy (non-hydrogen) atoms. The normalized spacial score (nSPS) is 9.43. The number of benzene rings is 1. The van der Waals surface area contributed by atoms with Crippen LogP contribution in [0.5, 0.6) is 5.75 Å². The SMILES string of the molecule is COc1cc(C)c(CCN)cc1C.Cl. The predicted octanol–water partition coefficient (Wildman–Crippen LogP) is 2.24. The Kier molecular flexibility index (Phi) is 5.58. The van der Waals surface area contributed by atoms with Gasteiger partial charge in [0.25, 0.3) is 0 Å². The van der Waals surface area contributed by atoms with Gasteiger partial charge in [-0.2, -0.15) is 0 Å². The molecule has 0 radical (unpaired) electrons. The Hall–Kier alpha value is -0.730. The molecule has 0 spiro atoms. The van der Waals surface area contributed by atoms with E-state index < -0.39 is 0 Å². The summed E-state index contributed by atoms with van der Waals surface area (Å²) in [5.74, 6) is 0.957. The highest BCUT2D eigenvalue weighted by molar-refractivity contribution is 5.85. The molecule has 0 aliphatic heterocycles. The fourth-order valence-electron chi connectivity index (χ4n) is 1.49. The molecule has 0 unspecified atom stereocenters. The molecular weight excluding hydrogens is 198 g/mol. The van der Waals surface area contributed by atoms with E-state index in [9.17, 15) is 0 Å². The van der Waals surface area contributed by atoms with Crippen LogP contribution in [-0.2, 0) is 6.42 Å². The Morgan fingerprint density at radius 1 is 1.21 bits per heavy atom. The van der Waals surface area contributed by atoms with Crippen molar-refractivity contribution in [2.24, 2.45) is 5.73 Å². The van der Waals surface area contributed by atoms with Crippen LogP contribution in [0.15, 0.2) is 12.1 Å². The maximum absolute atomic E-state index is 5.52. The summed E-state index contributed by atoms with van der Waals surface area (Å²) in [6.45, 7) is 4.85. The lowest BCUT2D eigenvalue weighted by atomic mass is 10.0. The third-order valence-corrected chi connectivity index (χ3v) is 2.27. The molecule has 0 fully saturated rings. The summed E-state index contributed by atoms with van der Waals surface area (Å²) < 4.78 is 5.23. The Balaban J connectivity index is 0.00000169.